The van der Waals surface area contributed by atoms with E-state index >= 15 is 0 Å². The highest BCUT2D eigenvalue weighted by atomic mass is 79.9. The number of thioether (sulfide) groups is 1. The number of rotatable bonds is 7. The van der Waals surface area contributed by atoms with E-state index in [0.717, 1.165) is 4.47 Å². The molecule has 6 nitrogen and oxygen atoms in total. The van der Waals surface area contributed by atoms with Gasteiger partial charge in [0.2, 0.25) is 5.91 Å². The lowest BCUT2D eigenvalue weighted by atomic mass is 10.4. The number of amides is 1. The van der Waals surface area contributed by atoms with Crippen molar-refractivity contribution in [1.82, 2.24) is 4.98 Å². The van der Waals surface area contributed by atoms with Crippen LogP contribution in [0.1, 0.15) is 6.92 Å². The summed E-state index contributed by atoms with van der Waals surface area (Å²) in [7, 11) is 0. The summed E-state index contributed by atoms with van der Waals surface area (Å²) < 4.78 is 5.61. The number of nitrogens with two attached hydrogens (primary N) is 1. The minimum atomic E-state index is -0.710. The van der Waals surface area contributed by atoms with Crippen LogP contribution in [0.2, 0.25) is 0 Å². The average Bonchev–Trinajstić information content (AvgIpc) is 2.41. The van der Waals surface area contributed by atoms with Crippen molar-refractivity contribution in [2.24, 2.45) is 5.73 Å². The van der Waals surface area contributed by atoms with Crippen LogP contribution in [0, 0.1) is 0 Å². The van der Waals surface area contributed by atoms with Gasteiger partial charge in [-0.15, -0.1) is 11.8 Å². The molecule has 1 unspecified atom stereocenters. The smallest absolute Gasteiger partial charge is 0.323 e. The molecule has 1 rings (SSSR count). The molecule has 110 valence electrons. The third-order valence-corrected chi connectivity index (χ3v) is 3.65. The number of hydrogen-bond acceptors (Lipinski definition) is 6. The molecule has 0 bridgehead atoms. The molecule has 0 fully saturated rings. The number of nitrogens with one attached hydrogen (secondary N) is 1. The summed E-state index contributed by atoms with van der Waals surface area (Å²) in [6.07, 6.45) is 1.60. The Labute approximate surface area is 130 Å². The molecule has 0 saturated carbocycles. The molecule has 20 heavy (non-hydrogen) atoms. The third kappa shape index (κ3) is 6.36. The van der Waals surface area contributed by atoms with Gasteiger partial charge in [-0.25, -0.2) is 4.98 Å². The minimum Gasteiger partial charge on any atom is -0.465 e. The first kappa shape index (κ1) is 16.9. The predicted octanol–water partition coefficient (Wildman–Crippen LogP) is 1.41. The summed E-state index contributed by atoms with van der Waals surface area (Å²) in [4.78, 5) is 26.9. The van der Waals surface area contributed by atoms with Gasteiger partial charge in [0.15, 0.2) is 0 Å². The molecule has 0 aliphatic rings. The molecule has 0 aliphatic carbocycles. The number of carbonyl (C=O) groups is 2. The summed E-state index contributed by atoms with van der Waals surface area (Å²) >= 11 is 4.53. The molecule has 0 aromatic carbocycles. The lowest BCUT2D eigenvalue weighted by Gasteiger charge is -2.10. The lowest BCUT2D eigenvalue weighted by Crippen LogP contribution is -2.35. The molecule has 1 aromatic heterocycles. The van der Waals surface area contributed by atoms with Gasteiger partial charge in [0, 0.05) is 16.4 Å². The maximum absolute atomic E-state index is 11.6. The van der Waals surface area contributed by atoms with Crippen molar-refractivity contribution in [1.29, 1.82) is 0 Å². The zero-order valence-corrected chi connectivity index (χ0v) is 13.4. The number of anilines is 1. The van der Waals surface area contributed by atoms with Crippen molar-refractivity contribution in [3.63, 3.8) is 0 Å². The highest BCUT2D eigenvalue weighted by Crippen LogP contribution is 2.11. The average molecular weight is 362 g/mol. The van der Waals surface area contributed by atoms with Gasteiger partial charge in [0.05, 0.1) is 12.4 Å². The lowest BCUT2D eigenvalue weighted by molar-refractivity contribution is -0.144. The van der Waals surface area contributed by atoms with Crippen LogP contribution in [0.4, 0.5) is 5.82 Å². The molecular formula is C12H16BrN3O3S. The van der Waals surface area contributed by atoms with Crippen LogP contribution in [0.3, 0.4) is 0 Å². The first-order valence-electron chi connectivity index (χ1n) is 5.94. The van der Waals surface area contributed by atoms with E-state index in [1.807, 2.05) is 0 Å². The van der Waals surface area contributed by atoms with Crippen LogP contribution in [0.25, 0.3) is 0 Å². The van der Waals surface area contributed by atoms with E-state index < -0.39 is 12.0 Å². The van der Waals surface area contributed by atoms with E-state index in [1.54, 1.807) is 25.3 Å². The van der Waals surface area contributed by atoms with Crippen molar-refractivity contribution in [3.05, 3.63) is 22.8 Å². The SMILES string of the molecule is CCOC(=O)C(N)CSCC(=O)Nc1ccc(Br)cn1. The molecular weight excluding hydrogens is 346 g/mol. The Hall–Kier alpha value is -1.12. The van der Waals surface area contributed by atoms with Crippen LogP contribution in [0.15, 0.2) is 22.8 Å². The number of aromatic nitrogens is 1. The maximum Gasteiger partial charge on any atom is 0.323 e. The molecule has 0 aliphatic heterocycles. The molecule has 3 N–H and O–H groups in total. The van der Waals surface area contributed by atoms with E-state index in [9.17, 15) is 9.59 Å². The van der Waals surface area contributed by atoms with Gasteiger partial charge in [-0.05, 0) is 35.0 Å². The van der Waals surface area contributed by atoms with E-state index in [1.165, 1.54) is 11.8 Å². The van der Waals surface area contributed by atoms with E-state index in [0.29, 0.717) is 18.2 Å². The topological polar surface area (TPSA) is 94.3 Å². The third-order valence-electron chi connectivity index (χ3n) is 2.11. The number of carbonyl (C=O) groups excluding carboxylic acids is 2. The summed E-state index contributed by atoms with van der Waals surface area (Å²) in [5.74, 6) is 0.370. The molecule has 0 radical (unpaired) electrons. The fourth-order valence-electron chi connectivity index (χ4n) is 1.22. The fourth-order valence-corrected chi connectivity index (χ4v) is 2.22. The predicted molar refractivity (Wildman–Crippen MR) is 82.5 cm³/mol. The van der Waals surface area contributed by atoms with Crippen LogP contribution in [0.5, 0.6) is 0 Å². The fraction of sp³-hybridized carbons (Fsp3) is 0.417. The van der Waals surface area contributed by atoms with E-state index in [4.69, 9.17) is 10.5 Å². The summed E-state index contributed by atoms with van der Waals surface area (Å²) in [5.41, 5.74) is 5.61. The summed E-state index contributed by atoms with van der Waals surface area (Å²) in [6, 6.07) is 2.77. The van der Waals surface area contributed by atoms with Gasteiger partial charge in [0.1, 0.15) is 11.9 Å². The van der Waals surface area contributed by atoms with Crippen LogP contribution in [-0.2, 0) is 14.3 Å². The number of esters is 1. The van der Waals surface area contributed by atoms with Gasteiger partial charge in [-0.2, -0.15) is 0 Å². The molecule has 0 saturated heterocycles. The van der Waals surface area contributed by atoms with Crippen molar-refractivity contribution in [2.75, 3.05) is 23.4 Å². The van der Waals surface area contributed by atoms with Gasteiger partial charge in [0.25, 0.3) is 0 Å². The van der Waals surface area contributed by atoms with Crippen molar-refractivity contribution >= 4 is 45.4 Å². The quantitative estimate of drug-likeness (QED) is 0.713. The summed E-state index contributed by atoms with van der Waals surface area (Å²) in [6.45, 7) is 2.02. The number of nitrogens with zero attached hydrogens (tertiary/aromatic N) is 1. The number of halogens is 1. The highest BCUT2D eigenvalue weighted by molar-refractivity contribution is 9.10. The van der Waals surface area contributed by atoms with Crippen LogP contribution in [-0.4, -0.2) is 41.0 Å². The standard InChI is InChI=1S/C12H16BrN3O3S/c1-2-19-12(18)9(14)6-20-7-11(17)16-10-4-3-8(13)5-15-10/h3-5,9H,2,6-7,14H2,1H3,(H,15,16,17). The highest BCUT2D eigenvalue weighted by Gasteiger charge is 2.15. The van der Waals surface area contributed by atoms with E-state index in [-0.39, 0.29) is 11.7 Å². The second-order valence-corrected chi connectivity index (χ2v) is 5.73. The Morgan fingerprint density at radius 2 is 2.30 bits per heavy atom. The Balaban J connectivity index is 2.26. The van der Waals surface area contributed by atoms with Crippen molar-refractivity contribution < 1.29 is 14.3 Å². The number of pyridine rings is 1. The Kier molecular flexibility index (Phi) is 7.56. The zero-order valence-electron chi connectivity index (χ0n) is 11.0. The second kappa shape index (κ2) is 8.93. The van der Waals surface area contributed by atoms with Gasteiger partial charge < -0.3 is 15.8 Å². The van der Waals surface area contributed by atoms with Crippen molar-refractivity contribution in [3.8, 4) is 0 Å². The first-order chi connectivity index (χ1) is 9.52. The number of hydrogen-bond donors (Lipinski definition) is 2. The molecule has 1 aromatic rings. The zero-order chi connectivity index (χ0) is 15.0. The molecule has 1 heterocycles. The van der Waals surface area contributed by atoms with Gasteiger partial charge in [-0.3, -0.25) is 9.59 Å². The Bertz CT molecular complexity index is 456. The maximum atomic E-state index is 11.6. The van der Waals surface area contributed by atoms with Gasteiger partial charge in [-0.1, -0.05) is 0 Å². The Morgan fingerprint density at radius 1 is 1.55 bits per heavy atom. The van der Waals surface area contributed by atoms with Crippen molar-refractivity contribution in [2.45, 2.75) is 13.0 Å². The summed E-state index contributed by atoms with van der Waals surface area (Å²) in [5, 5.41) is 2.65. The Morgan fingerprint density at radius 3 is 2.90 bits per heavy atom. The van der Waals surface area contributed by atoms with Crippen LogP contribution < -0.4 is 11.1 Å². The normalized spacial score (nSPS) is 11.8. The minimum absolute atomic E-state index is 0.194. The second-order valence-electron chi connectivity index (χ2n) is 3.78. The largest absolute Gasteiger partial charge is 0.465 e. The molecule has 8 heteroatoms. The molecule has 1 amide bonds. The van der Waals surface area contributed by atoms with Gasteiger partial charge >= 0.3 is 5.97 Å². The molecule has 1 atom stereocenters. The van der Waals surface area contributed by atoms with E-state index in [2.05, 4.69) is 26.2 Å². The monoisotopic (exact) mass is 361 g/mol. The first-order valence-corrected chi connectivity index (χ1v) is 7.89. The number of ether oxygens (including phenoxy) is 1. The molecule has 0 spiro atoms. The van der Waals surface area contributed by atoms with Crippen LogP contribution >= 0.6 is 27.7 Å².